The monoisotopic (exact) mass is 205 g/mol. The van der Waals surface area contributed by atoms with Crippen molar-refractivity contribution < 1.29 is 8.42 Å². The van der Waals surface area contributed by atoms with Gasteiger partial charge in [0.25, 0.3) is 0 Å². The topological polar surface area (TPSA) is 60.2 Å². The van der Waals surface area contributed by atoms with Crippen LogP contribution in [0.4, 0.5) is 0 Å². The van der Waals surface area contributed by atoms with Crippen molar-refractivity contribution in [3.05, 3.63) is 0 Å². The van der Waals surface area contributed by atoms with Crippen molar-refractivity contribution in [3.8, 4) is 0 Å². The number of sulfone groups is 1. The molecule has 0 aromatic heterocycles. The van der Waals surface area contributed by atoms with Gasteiger partial charge in [-0.3, -0.25) is 0 Å². The molecule has 0 spiro atoms. The molecule has 0 amide bonds. The fraction of sp³-hybridized carbons (Fsp3) is 1.00. The lowest BCUT2D eigenvalue weighted by Crippen LogP contribution is -2.27. The third kappa shape index (κ3) is 2.44. The van der Waals surface area contributed by atoms with Crippen molar-refractivity contribution in [1.82, 2.24) is 0 Å². The highest BCUT2D eigenvalue weighted by Crippen LogP contribution is 2.30. The van der Waals surface area contributed by atoms with Gasteiger partial charge in [-0.15, -0.1) is 0 Å². The van der Waals surface area contributed by atoms with Crippen LogP contribution in [0.25, 0.3) is 0 Å². The van der Waals surface area contributed by atoms with Gasteiger partial charge in [0.1, 0.15) is 0 Å². The highest BCUT2D eigenvalue weighted by Gasteiger charge is 2.36. The van der Waals surface area contributed by atoms with Crippen molar-refractivity contribution in [1.29, 1.82) is 0 Å². The van der Waals surface area contributed by atoms with Crippen molar-refractivity contribution in [2.75, 3.05) is 12.3 Å². The first-order valence-corrected chi connectivity index (χ1v) is 6.75. The van der Waals surface area contributed by atoms with E-state index in [9.17, 15) is 8.42 Å². The largest absolute Gasteiger partial charge is 0.330 e. The minimum absolute atomic E-state index is 0.0963. The first-order chi connectivity index (χ1) is 6.11. The summed E-state index contributed by atoms with van der Waals surface area (Å²) in [6.45, 7) is 2.65. The summed E-state index contributed by atoms with van der Waals surface area (Å²) in [5.74, 6) is 0.677. The molecule has 0 radical (unpaired) electrons. The summed E-state index contributed by atoms with van der Waals surface area (Å²) in [7, 11) is -2.78. The van der Waals surface area contributed by atoms with E-state index in [1.54, 1.807) is 0 Å². The fourth-order valence-electron chi connectivity index (χ4n) is 2.21. The Hall–Kier alpha value is -0.0900. The summed E-state index contributed by atoms with van der Waals surface area (Å²) < 4.78 is 23.2. The molecule has 1 rings (SSSR count). The lowest BCUT2D eigenvalue weighted by atomic mass is 9.96. The van der Waals surface area contributed by atoms with E-state index in [0.29, 0.717) is 12.3 Å². The maximum absolute atomic E-state index is 11.6. The summed E-state index contributed by atoms with van der Waals surface area (Å²) in [6.07, 6.45) is 3.47. The number of nitrogens with two attached hydrogens (primary N) is 1. The third-order valence-corrected chi connectivity index (χ3v) is 5.37. The molecule has 1 fully saturated rings. The van der Waals surface area contributed by atoms with Gasteiger partial charge in [-0.05, 0) is 31.7 Å². The zero-order valence-corrected chi connectivity index (χ0v) is 9.02. The second-order valence-corrected chi connectivity index (χ2v) is 6.13. The Balaban J connectivity index is 2.68. The van der Waals surface area contributed by atoms with E-state index < -0.39 is 9.84 Å². The molecule has 0 aromatic rings. The Kier molecular flexibility index (Phi) is 3.74. The molecule has 2 N–H and O–H groups in total. The van der Waals surface area contributed by atoms with Crippen molar-refractivity contribution in [3.63, 3.8) is 0 Å². The molecule has 13 heavy (non-hydrogen) atoms. The van der Waals surface area contributed by atoms with Crippen LogP contribution in [0.5, 0.6) is 0 Å². The van der Waals surface area contributed by atoms with Crippen LogP contribution in [-0.2, 0) is 9.84 Å². The molecule has 1 aliphatic rings. The number of rotatable bonds is 4. The summed E-state index contributed by atoms with van der Waals surface area (Å²) in [5.41, 5.74) is 5.47. The molecule has 2 unspecified atom stereocenters. The molecule has 3 nitrogen and oxygen atoms in total. The average molecular weight is 205 g/mol. The molecule has 0 aromatic carbocycles. The minimum Gasteiger partial charge on any atom is -0.330 e. The molecule has 0 aliphatic carbocycles. The summed E-state index contributed by atoms with van der Waals surface area (Å²) in [6, 6.07) is 0. The Bertz CT molecular complexity index is 248. The van der Waals surface area contributed by atoms with Crippen molar-refractivity contribution >= 4 is 9.84 Å². The molecule has 0 saturated carbocycles. The van der Waals surface area contributed by atoms with Crippen LogP contribution in [0.1, 0.15) is 32.6 Å². The van der Waals surface area contributed by atoms with Gasteiger partial charge < -0.3 is 5.73 Å². The average Bonchev–Trinajstić information content (AvgIpc) is 2.41. The van der Waals surface area contributed by atoms with E-state index in [1.165, 1.54) is 0 Å². The van der Waals surface area contributed by atoms with E-state index in [1.807, 2.05) is 6.92 Å². The second kappa shape index (κ2) is 4.42. The lowest BCUT2D eigenvalue weighted by molar-refractivity contribution is 0.434. The van der Waals surface area contributed by atoms with E-state index >= 15 is 0 Å². The summed E-state index contributed by atoms with van der Waals surface area (Å²) in [5, 5.41) is -0.0963. The van der Waals surface area contributed by atoms with Gasteiger partial charge >= 0.3 is 0 Å². The molecule has 1 saturated heterocycles. The number of hydrogen-bond acceptors (Lipinski definition) is 3. The predicted molar refractivity (Wildman–Crippen MR) is 54.3 cm³/mol. The minimum atomic E-state index is -2.78. The van der Waals surface area contributed by atoms with Crippen LogP contribution in [0, 0.1) is 5.92 Å². The smallest absolute Gasteiger partial charge is 0.153 e. The van der Waals surface area contributed by atoms with E-state index in [0.717, 1.165) is 25.7 Å². The fourth-order valence-corrected chi connectivity index (χ4v) is 4.53. The summed E-state index contributed by atoms with van der Waals surface area (Å²) >= 11 is 0. The van der Waals surface area contributed by atoms with Gasteiger partial charge in [0.05, 0.1) is 11.0 Å². The highest BCUT2D eigenvalue weighted by atomic mass is 32.2. The van der Waals surface area contributed by atoms with E-state index in [4.69, 9.17) is 5.73 Å². The highest BCUT2D eigenvalue weighted by molar-refractivity contribution is 7.92. The van der Waals surface area contributed by atoms with E-state index in [-0.39, 0.29) is 11.2 Å². The molecule has 0 bridgehead atoms. The molecule has 2 atom stereocenters. The molecule has 4 heteroatoms. The van der Waals surface area contributed by atoms with Crippen LogP contribution in [0.2, 0.25) is 0 Å². The first kappa shape index (κ1) is 11.0. The summed E-state index contributed by atoms with van der Waals surface area (Å²) in [4.78, 5) is 0. The van der Waals surface area contributed by atoms with Gasteiger partial charge in [0, 0.05) is 0 Å². The van der Waals surface area contributed by atoms with Gasteiger partial charge in [-0.1, -0.05) is 13.3 Å². The van der Waals surface area contributed by atoms with E-state index in [2.05, 4.69) is 0 Å². The Morgan fingerprint density at radius 3 is 2.62 bits per heavy atom. The Morgan fingerprint density at radius 2 is 2.23 bits per heavy atom. The van der Waals surface area contributed by atoms with Crippen LogP contribution >= 0.6 is 0 Å². The second-order valence-electron chi connectivity index (χ2n) is 3.79. The third-order valence-electron chi connectivity index (χ3n) is 2.97. The molecular weight excluding hydrogens is 186 g/mol. The normalized spacial score (nSPS) is 28.9. The Labute approximate surface area is 80.6 Å². The standard InChI is InChI=1S/C9H19NO2S/c1-2-8(5-6-10)9-4-3-7-13(9,11)12/h8-9H,2-7,10H2,1H3. The van der Waals surface area contributed by atoms with Crippen molar-refractivity contribution in [2.45, 2.75) is 37.9 Å². The molecule has 78 valence electrons. The van der Waals surface area contributed by atoms with Crippen LogP contribution < -0.4 is 5.73 Å². The van der Waals surface area contributed by atoms with Crippen LogP contribution in [0.3, 0.4) is 0 Å². The van der Waals surface area contributed by atoms with Gasteiger partial charge in [-0.2, -0.15) is 0 Å². The zero-order valence-electron chi connectivity index (χ0n) is 8.20. The predicted octanol–water partition coefficient (Wildman–Crippen LogP) is 0.939. The zero-order chi connectivity index (χ0) is 9.90. The lowest BCUT2D eigenvalue weighted by Gasteiger charge is -2.20. The maximum atomic E-state index is 11.6. The maximum Gasteiger partial charge on any atom is 0.153 e. The van der Waals surface area contributed by atoms with Gasteiger partial charge in [0.15, 0.2) is 9.84 Å². The first-order valence-electron chi connectivity index (χ1n) is 5.03. The number of hydrogen-bond donors (Lipinski definition) is 1. The van der Waals surface area contributed by atoms with Gasteiger partial charge in [0.2, 0.25) is 0 Å². The SMILES string of the molecule is CCC(CCN)C1CCCS1(=O)=O. The van der Waals surface area contributed by atoms with Gasteiger partial charge in [-0.25, -0.2) is 8.42 Å². The van der Waals surface area contributed by atoms with Crippen LogP contribution in [-0.4, -0.2) is 26.0 Å². The Morgan fingerprint density at radius 1 is 1.54 bits per heavy atom. The molecular formula is C9H19NO2S. The molecule has 1 heterocycles. The molecule has 1 aliphatic heterocycles. The quantitative estimate of drug-likeness (QED) is 0.743. The van der Waals surface area contributed by atoms with Crippen LogP contribution in [0.15, 0.2) is 0 Å². The van der Waals surface area contributed by atoms with Crippen molar-refractivity contribution in [2.24, 2.45) is 11.7 Å².